The average molecular weight is 179 g/mol. The molecule has 0 fully saturated rings. The number of nitrogens with zero attached hydrogens (tertiary/aromatic N) is 3. The number of H-pyrrole nitrogens is 1. The Morgan fingerprint density at radius 3 is 3.23 bits per heavy atom. The van der Waals surface area contributed by atoms with Crippen LogP contribution >= 0.6 is 0 Å². The van der Waals surface area contributed by atoms with E-state index in [1.54, 1.807) is 0 Å². The molecule has 1 aromatic heterocycles. The maximum Gasteiger partial charge on any atom is 0.273 e. The normalized spacial score (nSPS) is 9.15. The zero-order chi connectivity index (χ0) is 9.52. The van der Waals surface area contributed by atoms with Gasteiger partial charge < -0.3 is 5.32 Å². The quantitative estimate of drug-likeness (QED) is 0.628. The molecule has 0 aliphatic heterocycles. The molecule has 0 unspecified atom stereocenters. The van der Waals surface area contributed by atoms with Gasteiger partial charge in [-0.2, -0.15) is 20.7 Å². The van der Waals surface area contributed by atoms with Crippen molar-refractivity contribution in [3.8, 4) is 6.07 Å². The van der Waals surface area contributed by atoms with Crippen LogP contribution in [0.15, 0.2) is 6.20 Å². The molecular weight excluding hydrogens is 170 g/mol. The van der Waals surface area contributed by atoms with Crippen LogP contribution in [-0.2, 0) is 0 Å². The molecular formula is C7H9N5O. The number of aromatic amines is 1. The SMILES string of the molecule is N#CCCCNC(=O)c1cn[nH]n1. The van der Waals surface area contributed by atoms with Gasteiger partial charge in [0, 0.05) is 13.0 Å². The molecule has 0 spiro atoms. The summed E-state index contributed by atoms with van der Waals surface area (Å²) in [5.41, 5.74) is 0.261. The lowest BCUT2D eigenvalue weighted by Crippen LogP contribution is -2.24. The molecule has 0 atom stereocenters. The van der Waals surface area contributed by atoms with Gasteiger partial charge in [-0.05, 0) is 6.42 Å². The number of unbranched alkanes of at least 4 members (excludes halogenated alkanes) is 1. The zero-order valence-corrected chi connectivity index (χ0v) is 6.95. The Balaban J connectivity index is 2.24. The van der Waals surface area contributed by atoms with Gasteiger partial charge in [0.1, 0.15) is 0 Å². The van der Waals surface area contributed by atoms with Gasteiger partial charge in [0.2, 0.25) is 0 Å². The van der Waals surface area contributed by atoms with Gasteiger partial charge in [-0.25, -0.2) is 0 Å². The van der Waals surface area contributed by atoms with Crippen LogP contribution < -0.4 is 5.32 Å². The van der Waals surface area contributed by atoms with Crippen molar-refractivity contribution in [1.29, 1.82) is 5.26 Å². The standard InChI is InChI=1S/C7H9N5O/c8-3-1-2-4-9-7(13)6-5-10-12-11-6/h5H,1-2,4H2,(H,9,13)(H,10,11,12). The van der Waals surface area contributed by atoms with Crippen LogP contribution in [-0.4, -0.2) is 27.9 Å². The maximum absolute atomic E-state index is 11.2. The first kappa shape index (κ1) is 9.19. The minimum Gasteiger partial charge on any atom is -0.351 e. The van der Waals surface area contributed by atoms with Crippen molar-refractivity contribution in [1.82, 2.24) is 20.7 Å². The second kappa shape index (κ2) is 4.87. The lowest BCUT2D eigenvalue weighted by molar-refractivity contribution is 0.0948. The minimum atomic E-state index is -0.272. The molecule has 13 heavy (non-hydrogen) atoms. The number of nitriles is 1. The summed E-state index contributed by atoms with van der Waals surface area (Å²) in [6.45, 7) is 0.485. The summed E-state index contributed by atoms with van der Waals surface area (Å²) < 4.78 is 0. The smallest absolute Gasteiger partial charge is 0.273 e. The lowest BCUT2D eigenvalue weighted by atomic mass is 10.3. The molecule has 6 nitrogen and oxygen atoms in total. The van der Waals surface area contributed by atoms with Crippen LogP contribution in [0.2, 0.25) is 0 Å². The van der Waals surface area contributed by atoms with E-state index in [9.17, 15) is 4.79 Å². The highest BCUT2D eigenvalue weighted by Crippen LogP contribution is 1.89. The molecule has 2 N–H and O–H groups in total. The van der Waals surface area contributed by atoms with Crippen molar-refractivity contribution in [2.75, 3.05) is 6.54 Å². The van der Waals surface area contributed by atoms with Crippen LogP contribution in [0.1, 0.15) is 23.3 Å². The van der Waals surface area contributed by atoms with E-state index in [1.165, 1.54) is 6.20 Å². The summed E-state index contributed by atoms with van der Waals surface area (Å²) >= 11 is 0. The largest absolute Gasteiger partial charge is 0.351 e. The maximum atomic E-state index is 11.2. The van der Waals surface area contributed by atoms with E-state index < -0.39 is 0 Å². The number of hydrogen-bond donors (Lipinski definition) is 2. The fourth-order valence-corrected chi connectivity index (χ4v) is 0.771. The highest BCUT2D eigenvalue weighted by atomic mass is 16.1. The molecule has 0 aliphatic rings. The average Bonchev–Trinajstić information content (AvgIpc) is 2.65. The van der Waals surface area contributed by atoms with Gasteiger partial charge in [-0.1, -0.05) is 0 Å². The van der Waals surface area contributed by atoms with E-state index in [1.807, 2.05) is 6.07 Å². The van der Waals surface area contributed by atoms with E-state index in [0.717, 1.165) is 0 Å². The molecule has 1 rings (SSSR count). The first-order valence-electron chi connectivity index (χ1n) is 3.85. The molecule has 1 heterocycles. The topological polar surface area (TPSA) is 94.5 Å². The van der Waals surface area contributed by atoms with Crippen LogP contribution in [0.5, 0.6) is 0 Å². The van der Waals surface area contributed by atoms with Gasteiger partial charge in [0.25, 0.3) is 5.91 Å². The summed E-state index contributed by atoms with van der Waals surface area (Å²) in [5.74, 6) is -0.272. The van der Waals surface area contributed by atoms with Gasteiger partial charge in [-0.3, -0.25) is 4.79 Å². The van der Waals surface area contributed by atoms with Crippen molar-refractivity contribution in [2.45, 2.75) is 12.8 Å². The third-order valence-electron chi connectivity index (χ3n) is 1.40. The second-order valence-corrected chi connectivity index (χ2v) is 2.37. The Morgan fingerprint density at radius 1 is 1.77 bits per heavy atom. The van der Waals surface area contributed by atoms with E-state index >= 15 is 0 Å². The molecule has 0 radical (unpaired) electrons. The van der Waals surface area contributed by atoms with Crippen molar-refractivity contribution in [2.24, 2.45) is 0 Å². The Bertz CT molecular complexity index is 299. The Labute approximate surface area is 74.9 Å². The highest BCUT2D eigenvalue weighted by Gasteiger charge is 2.06. The Hall–Kier alpha value is -1.90. The number of rotatable bonds is 4. The lowest BCUT2D eigenvalue weighted by Gasteiger charge is -1.98. The third kappa shape index (κ3) is 2.91. The summed E-state index contributed by atoms with van der Waals surface area (Å²) in [7, 11) is 0. The number of aromatic nitrogens is 3. The third-order valence-corrected chi connectivity index (χ3v) is 1.40. The van der Waals surface area contributed by atoms with Crippen LogP contribution in [0.25, 0.3) is 0 Å². The monoisotopic (exact) mass is 179 g/mol. The number of nitrogens with one attached hydrogen (secondary N) is 2. The molecule has 0 saturated heterocycles. The molecule has 0 aliphatic carbocycles. The van der Waals surface area contributed by atoms with Crippen molar-refractivity contribution in [3.63, 3.8) is 0 Å². The summed E-state index contributed by atoms with van der Waals surface area (Å²) in [5, 5.41) is 20.3. The second-order valence-electron chi connectivity index (χ2n) is 2.37. The van der Waals surface area contributed by atoms with Gasteiger partial charge >= 0.3 is 0 Å². The summed E-state index contributed by atoms with van der Waals surface area (Å²) in [6, 6.07) is 1.99. The van der Waals surface area contributed by atoms with Crippen molar-refractivity contribution >= 4 is 5.91 Å². The Morgan fingerprint density at radius 2 is 2.62 bits per heavy atom. The van der Waals surface area contributed by atoms with Crippen LogP contribution in [0, 0.1) is 11.3 Å². The first-order chi connectivity index (χ1) is 6.34. The molecule has 0 aromatic carbocycles. The molecule has 0 bridgehead atoms. The Kier molecular flexibility index (Phi) is 3.45. The van der Waals surface area contributed by atoms with E-state index in [-0.39, 0.29) is 11.6 Å². The van der Waals surface area contributed by atoms with Crippen molar-refractivity contribution in [3.05, 3.63) is 11.9 Å². The van der Waals surface area contributed by atoms with E-state index in [2.05, 4.69) is 20.7 Å². The van der Waals surface area contributed by atoms with Gasteiger partial charge in [0.05, 0.1) is 12.3 Å². The van der Waals surface area contributed by atoms with Gasteiger partial charge in [0.15, 0.2) is 5.69 Å². The number of carbonyl (C=O) groups excluding carboxylic acids is 1. The van der Waals surface area contributed by atoms with Crippen molar-refractivity contribution < 1.29 is 4.79 Å². The van der Waals surface area contributed by atoms with E-state index in [0.29, 0.717) is 19.4 Å². The zero-order valence-electron chi connectivity index (χ0n) is 6.95. The number of amides is 1. The predicted molar refractivity (Wildman–Crippen MR) is 43.6 cm³/mol. The molecule has 0 saturated carbocycles. The predicted octanol–water partition coefficient (Wildman–Crippen LogP) is -0.162. The summed E-state index contributed by atoms with van der Waals surface area (Å²) in [4.78, 5) is 11.2. The summed E-state index contributed by atoms with van der Waals surface area (Å²) in [6.07, 6.45) is 2.44. The number of hydrogen-bond acceptors (Lipinski definition) is 4. The molecule has 1 amide bonds. The molecule has 68 valence electrons. The molecule has 1 aromatic rings. The molecule has 6 heteroatoms. The first-order valence-corrected chi connectivity index (χ1v) is 3.85. The van der Waals surface area contributed by atoms with Crippen LogP contribution in [0.4, 0.5) is 0 Å². The fraction of sp³-hybridized carbons (Fsp3) is 0.429. The van der Waals surface area contributed by atoms with Gasteiger partial charge in [-0.15, -0.1) is 0 Å². The van der Waals surface area contributed by atoms with E-state index in [4.69, 9.17) is 5.26 Å². The van der Waals surface area contributed by atoms with Crippen LogP contribution in [0.3, 0.4) is 0 Å². The highest BCUT2D eigenvalue weighted by molar-refractivity contribution is 5.91. The number of carbonyl (C=O) groups is 1. The minimum absolute atomic E-state index is 0.261. The fourth-order valence-electron chi connectivity index (χ4n) is 0.771.